The highest BCUT2D eigenvalue weighted by Gasteiger charge is 2.09. The molecule has 1 unspecified atom stereocenters. The summed E-state index contributed by atoms with van der Waals surface area (Å²) in [5.74, 6) is -1.01. The topological polar surface area (TPSA) is 92.4 Å². The Morgan fingerprint density at radius 1 is 1.47 bits per heavy atom. The van der Waals surface area contributed by atoms with Gasteiger partial charge in [0.2, 0.25) is 5.91 Å². The van der Waals surface area contributed by atoms with Crippen molar-refractivity contribution in [1.82, 2.24) is 0 Å². The lowest BCUT2D eigenvalue weighted by Gasteiger charge is -2.12. The number of anilines is 1. The Labute approximate surface area is 99.6 Å². The van der Waals surface area contributed by atoms with E-state index in [1.165, 1.54) is 6.92 Å². The van der Waals surface area contributed by atoms with E-state index < -0.39 is 5.97 Å². The van der Waals surface area contributed by atoms with Gasteiger partial charge in [-0.25, -0.2) is 0 Å². The standard InChI is InChI=1S/C12H16N2O3/c1-8(15)14-10-4-2-3-9(7-10)11(13)5-6-12(16)17/h2-4,7,11H,5-6,13H2,1H3,(H,14,15)(H,16,17). The number of rotatable bonds is 5. The van der Waals surface area contributed by atoms with E-state index in [2.05, 4.69) is 5.32 Å². The Bertz CT molecular complexity index is 418. The molecule has 1 aromatic carbocycles. The van der Waals surface area contributed by atoms with Gasteiger partial charge in [0.05, 0.1) is 0 Å². The van der Waals surface area contributed by atoms with Crippen LogP contribution in [0.1, 0.15) is 31.4 Å². The Hall–Kier alpha value is -1.88. The van der Waals surface area contributed by atoms with Crippen LogP contribution < -0.4 is 11.1 Å². The Kier molecular flexibility index (Phi) is 4.66. The Morgan fingerprint density at radius 3 is 2.76 bits per heavy atom. The third kappa shape index (κ3) is 4.65. The van der Waals surface area contributed by atoms with Gasteiger partial charge in [0.1, 0.15) is 0 Å². The maximum absolute atomic E-state index is 10.9. The minimum atomic E-state index is -0.863. The van der Waals surface area contributed by atoms with Crippen molar-refractivity contribution in [3.63, 3.8) is 0 Å². The molecule has 1 amide bonds. The van der Waals surface area contributed by atoms with Crippen molar-refractivity contribution in [3.05, 3.63) is 29.8 Å². The summed E-state index contributed by atoms with van der Waals surface area (Å²) in [4.78, 5) is 21.3. The van der Waals surface area contributed by atoms with Crippen molar-refractivity contribution < 1.29 is 14.7 Å². The molecule has 1 atom stereocenters. The molecular formula is C12H16N2O3. The fourth-order valence-electron chi connectivity index (χ4n) is 1.50. The van der Waals surface area contributed by atoms with Crippen molar-refractivity contribution in [1.29, 1.82) is 0 Å². The van der Waals surface area contributed by atoms with Crippen molar-refractivity contribution in [2.24, 2.45) is 5.73 Å². The van der Waals surface area contributed by atoms with E-state index in [0.717, 1.165) is 5.56 Å². The lowest BCUT2D eigenvalue weighted by molar-refractivity contribution is -0.137. The molecule has 0 bridgehead atoms. The molecule has 0 saturated heterocycles. The summed E-state index contributed by atoms with van der Waals surface area (Å²) in [5.41, 5.74) is 7.35. The van der Waals surface area contributed by atoms with Gasteiger partial charge in [-0.3, -0.25) is 9.59 Å². The average molecular weight is 236 g/mol. The second-order valence-corrected chi connectivity index (χ2v) is 3.85. The number of aliphatic carboxylic acids is 1. The summed E-state index contributed by atoms with van der Waals surface area (Å²) in [6, 6.07) is 6.78. The molecule has 0 aliphatic rings. The smallest absolute Gasteiger partial charge is 0.303 e. The number of carbonyl (C=O) groups excluding carboxylic acids is 1. The van der Waals surface area contributed by atoms with E-state index in [0.29, 0.717) is 12.1 Å². The third-order valence-corrected chi connectivity index (χ3v) is 2.30. The average Bonchev–Trinajstić information content (AvgIpc) is 2.25. The summed E-state index contributed by atoms with van der Waals surface area (Å²) in [6.07, 6.45) is 0.407. The third-order valence-electron chi connectivity index (χ3n) is 2.30. The van der Waals surface area contributed by atoms with Crippen LogP contribution in [0.2, 0.25) is 0 Å². The highest BCUT2D eigenvalue weighted by molar-refractivity contribution is 5.88. The van der Waals surface area contributed by atoms with Crippen molar-refractivity contribution >= 4 is 17.6 Å². The maximum Gasteiger partial charge on any atom is 0.303 e. The Morgan fingerprint density at radius 2 is 2.18 bits per heavy atom. The molecule has 5 heteroatoms. The largest absolute Gasteiger partial charge is 0.481 e. The minimum Gasteiger partial charge on any atom is -0.481 e. The van der Waals surface area contributed by atoms with E-state index in [9.17, 15) is 9.59 Å². The SMILES string of the molecule is CC(=O)Nc1cccc(C(N)CCC(=O)O)c1. The lowest BCUT2D eigenvalue weighted by Crippen LogP contribution is -2.13. The van der Waals surface area contributed by atoms with Gasteiger partial charge in [-0.05, 0) is 24.1 Å². The summed E-state index contributed by atoms with van der Waals surface area (Å²) >= 11 is 0. The van der Waals surface area contributed by atoms with Gasteiger partial charge < -0.3 is 16.2 Å². The predicted octanol–water partition coefficient (Wildman–Crippen LogP) is 1.51. The molecule has 1 rings (SSSR count). The molecule has 92 valence electrons. The predicted molar refractivity (Wildman–Crippen MR) is 64.5 cm³/mol. The fourth-order valence-corrected chi connectivity index (χ4v) is 1.50. The van der Waals surface area contributed by atoms with Crippen LogP contribution in [0.4, 0.5) is 5.69 Å². The van der Waals surface area contributed by atoms with Crippen molar-refractivity contribution in [3.8, 4) is 0 Å². The summed E-state index contributed by atoms with van der Waals surface area (Å²) < 4.78 is 0. The van der Waals surface area contributed by atoms with E-state index in [1.807, 2.05) is 6.07 Å². The molecule has 1 aromatic rings. The number of carboxylic acids is 1. The van der Waals surface area contributed by atoms with Crippen LogP contribution in [0.5, 0.6) is 0 Å². The van der Waals surface area contributed by atoms with E-state index >= 15 is 0 Å². The van der Waals surface area contributed by atoms with Crippen molar-refractivity contribution in [2.45, 2.75) is 25.8 Å². The number of carbonyl (C=O) groups is 2. The number of hydrogen-bond acceptors (Lipinski definition) is 3. The first-order chi connectivity index (χ1) is 7.99. The van der Waals surface area contributed by atoms with Crippen LogP contribution in [-0.4, -0.2) is 17.0 Å². The molecule has 4 N–H and O–H groups in total. The van der Waals surface area contributed by atoms with Gasteiger partial charge in [-0.1, -0.05) is 12.1 Å². The fraction of sp³-hybridized carbons (Fsp3) is 0.333. The van der Waals surface area contributed by atoms with Gasteiger partial charge in [0.25, 0.3) is 0 Å². The summed E-state index contributed by atoms with van der Waals surface area (Å²) in [5, 5.41) is 11.2. The van der Waals surface area contributed by atoms with Crippen LogP contribution in [-0.2, 0) is 9.59 Å². The highest BCUT2D eigenvalue weighted by Crippen LogP contribution is 2.19. The monoisotopic (exact) mass is 236 g/mol. The van der Waals surface area contributed by atoms with Gasteiger partial charge >= 0.3 is 5.97 Å². The number of nitrogens with two attached hydrogens (primary N) is 1. The minimum absolute atomic E-state index is 0.0333. The lowest BCUT2D eigenvalue weighted by atomic mass is 10.0. The molecular weight excluding hydrogens is 220 g/mol. The van der Waals surface area contributed by atoms with Crippen molar-refractivity contribution in [2.75, 3.05) is 5.32 Å². The zero-order chi connectivity index (χ0) is 12.8. The number of carboxylic acid groups (broad SMARTS) is 1. The van der Waals surface area contributed by atoms with Gasteiger partial charge in [-0.2, -0.15) is 0 Å². The number of nitrogens with one attached hydrogen (secondary N) is 1. The van der Waals surface area contributed by atoms with Gasteiger partial charge in [0.15, 0.2) is 0 Å². The number of amides is 1. The summed E-state index contributed by atoms with van der Waals surface area (Å²) in [7, 11) is 0. The first-order valence-electron chi connectivity index (χ1n) is 5.34. The second kappa shape index (κ2) is 6.00. The van der Waals surface area contributed by atoms with Gasteiger partial charge in [-0.15, -0.1) is 0 Å². The molecule has 0 spiro atoms. The molecule has 0 heterocycles. The van der Waals surface area contributed by atoms with Gasteiger partial charge in [0, 0.05) is 25.1 Å². The first-order valence-corrected chi connectivity index (χ1v) is 5.34. The van der Waals surface area contributed by atoms with Crippen LogP contribution in [0.25, 0.3) is 0 Å². The number of hydrogen-bond donors (Lipinski definition) is 3. The molecule has 0 aliphatic heterocycles. The zero-order valence-electron chi connectivity index (χ0n) is 9.64. The first kappa shape index (κ1) is 13.2. The molecule has 0 aromatic heterocycles. The van der Waals surface area contributed by atoms with Crippen LogP contribution >= 0.6 is 0 Å². The molecule has 0 aliphatic carbocycles. The summed E-state index contributed by atoms with van der Waals surface area (Å²) in [6.45, 7) is 1.43. The molecule has 0 saturated carbocycles. The van der Waals surface area contributed by atoms with Crippen LogP contribution in [0.3, 0.4) is 0 Å². The number of benzene rings is 1. The normalized spacial score (nSPS) is 11.9. The Balaban J connectivity index is 2.69. The molecule has 5 nitrogen and oxygen atoms in total. The van der Waals surface area contributed by atoms with E-state index in [4.69, 9.17) is 10.8 Å². The van der Waals surface area contributed by atoms with Crippen LogP contribution in [0, 0.1) is 0 Å². The van der Waals surface area contributed by atoms with E-state index in [-0.39, 0.29) is 18.4 Å². The second-order valence-electron chi connectivity index (χ2n) is 3.85. The quantitative estimate of drug-likeness (QED) is 0.722. The molecule has 0 radical (unpaired) electrons. The highest BCUT2D eigenvalue weighted by atomic mass is 16.4. The van der Waals surface area contributed by atoms with E-state index in [1.54, 1.807) is 18.2 Å². The maximum atomic E-state index is 10.9. The molecule has 17 heavy (non-hydrogen) atoms. The zero-order valence-corrected chi connectivity index (χ0v) is 9.64. The van der Waals surface area contributed by atoms with Crippen LogP contribution in [0.15, 0.2) is 24.3 Å². The molecule has 0 fully saturated rings.